The summed E-state index contributed by atoms with van der Waals surface area (Å²) in [5, 5.41) is 14.4. The Morgan fingerprint density at radius 1 is 1.17 bits per heavy atom. The molecule has 0 fully saturated rings. The molecule has 1 N–H and O–H groups in total. The molecule has 0 aliphatic heterocycles. The van der Waals surface area contributed by atoms with Gasteiger partial charge in [-0.05, 0) is 24.0 Å². The molecule has 3 nitrogen and oxygen atoms in total. The van der Waals surface area contributed by atoms with Crippen molar-refractivity contribution >= 4 is 0 Å². The van der Waals surface area contributed by atoms with E-state index in [0.29, 0.717) is 0 Å². The summed E-state index contributed by atoms with van der Waals surface area (Å²) in [7, 11) is 0. The average molecular weight is 244 g/mol. The molecule has 0 bridgehead atoms. The van der Waals surface area contributed by atoms with E-state index in [-0.39, 0.29) is 5.92 Å². The van der Waals surface area contributed by atoms with Crippen LogP contribution in [0.2, 0.25) is 0 Å². The maximum atomic E-state index is 10.1. The highest BCUT2D eigenvalue weighted by molar-refractivity contribution is 5.15. The van der Waals surface area contributed by atoms with Crippen molar-refractivity contribution in [3.63, 3.8) is 0 Å². The maximum absolute atomic E-state index is 10.1. The molecule has 1 heterocycles. The van der Waals surface area contributed by atoms with Gasteiger partial charge in [-0.1, -0.05) is 44.2 Å². The van der Waals surface area contributed by atoms with E-state index in [9.17, 15) is 5.11 Å². The van der Waals surface area contributed by atoms with E-state index in [0.717, 1.165) is 18.7 Å². The predicted molar refractivity (Wildman–Crippen MR) is 72.2 cm³/mol. The molecule has 96 valence electrons. The van der Waals surface area contributed by atoms with Crippen LogP contribution in [0.15, 0.2) is 42.6 Å². The van der Waals surface area contributed by atoms with Crippen molar-refractivity contribution in [2.75, 3.05) is 0 Å². The fraction of sp³-hybridized carbons (Fsp3) is 0.400. The summed E-state index contributed by atoms with van der Waals surface area (Å²) in [6.07, 6.45) is 2.25. The maximum Gasteiger partial charge on any atom is 0.0979 e. The van der Waals surface area contributed by atoms with Crippen molar-refractivity contribution < 1.29 is 5.11 Å². The van der Waals surface area contributed by atoms with E-state index >= 15 is 0 Å². The minimum atomic E-state index is -0.441. The first-order valence-corrected chi connectivity index (χ1v) is 6.42. The third-order valence-corrected chi connectivity index (χ3v) is 3.14. The van der Waals surface area contributed by atoms with Crippen molar-refractivity contribution in [1.82, 2.24) is 9.78 Å². The second kappa shape index (κ2) is 5.83. The largest absolute Gasteiger partial charge is 0.387 e. The highest BCUT2D eigenvalue weighted by atomic mass is 16.3. The minimum absolute atomic E-state index is 0.206. The predicted octanol–water partition coefficient (Wildman–Crippen LogP) is 2.82. The number of aliphatic hydroxyl groups excluding tert-OH is 1. The molecule has 2 aromatic rings. The number of nitrogens with zero attached hydrogens (tertiary/aromatic N) is 2. The molecule has 0 aliphatic rings. The zero-order chi connectivity index (χ0) is 13.0. The SMILES string of the molecule is CC(C)C(O)c1ccnn1CCc1ccccc1. The number of aromatic nitrogens is 2. The monoisotopic (exact) mass is 244 g/mol. The molecule has 0 spiro atoms. The van der Waals surface area contributed by atoms with Crippen LogP contribution in [0.4, 0.5) is 0 Å². The lowest BCUT2D eigenvalue weighted by atomic mass is 10.0. The van der Waals surface area contributed by atoms with Crippen LogP contribution in [0, 0.1) is 5.92 Å². The molecule has 1 aromatic carbocycles. The van der Waals surface area contributed by atoms with Gasteiger partial charge in [0.1, 0.15) is 0 Å². The standard InChI is InChI=1S/C15H20N2O/c1-12(2)15(18)14-8-10-16-17(14)11-9-13-6-4-3-5-7-13/h3-8,10,12,15,18H,9,11H2,1-2H3. The Hall–Kier alpha value is -1.61. The van der Waals surface area contributed by atoms with E-state index in [1.165, 1.54) is 5.56 Å². The van der Waals surface area contributed by atoms with Gasteiger partial charge in [-0.25, -0.2) is 0 Å². The molecular weight excluding hydrogens is 224 g/mol. The Labute approximate surface area is 108 Å². The summed E-state index contributed by atoms with van der Waals surface area (Å²) >= 11 is 0. The molecule has 0 saturated heterocycles. The first kappa shape index (κ1) is 12.8. The molecule has 0 radical (unpaired) electrons. The van der Waals surface area contributed by atoms with E-state index in [4.69, 9.17) is 0 Å². The molecule has 0 saturated carbocycles. The molecule has 18 heavy (non-hydrogen) atoms. The lowest BCUT2D eigenvalue weighted by molar-refractivity contribution is 0.117. The third-order valence-electron chi connectivity index (χ3n) is 3.14. The number of hydrogen-bond donors (Lipinski definition) is 1. The van der Waals surface area contributed by atoms with Crippen LogP contribution >= 0.6 is 0 Å². The molecule has 0 amide bonds. The Balaban J connectivity index is 2.04. The summed E-state index contributed by atoms with van der Waals surface area (Å²) in [6.45, 7) is 4.83. The minimum Gasteiger partial charge on any atom is -0.387 e. The van der Waals surface area contributed by atoms with Gasteiger partial charge >= 0.3 is 0 Å². The lowest BCUT2D eigenvalue weighted by Crippen LogP contribution is -2.14. The first-order valence-electron chi connectivity index (χ1n) is 6.42. The quantitative estimate of drug-likeness (QED) is 0.878. The number of hydrogen-bond acceptors (Lipinski definition) is 2. The van der Waals surface area contributed by atoms with Crippen molar-refractivity contribution in [2.24, 2.45) is 5.92 Å². The molecule has 3 heteroatoms. The van der Waals surface area contributed by atoms with Gasteiger partial charge in [0, 0.05) is 12.7 Å². The Morgan fingerprint density at radius 2 is 1.89 bits per heavy atom. The molecule has 1 aromatic heterocycles. The van der Waals surface area contributed by atoms with Crippen LogP contribution in [0.3, 0.4) is 0 Å². The molecule has 1 atom stereocenters. The van der Waals surface area contributed by atoms with Crippen molar-refractivity contribution in [3.05, 3.63) is 53.9 Å². The normalized spacial score (nSPS) is 12.9. The Bertz CT molecular complexity index is 476. The van der Waals surface area contributed by atoms with Gasteiger partial charge in [0.05, 0.1) is 11.8 Å². The number of rotatable bonds is 5. The van der Waals surface area contributed by atoms with Crippen molar-refractivity contribution in [3.8, 4) is 0 Å². The summed E-state index contributed by atoms with van der Waals surface area (Å²) in [5.41, 5.74) is 2.19. The fourth-order valence-electron chi connectivity index (χ4n) is 2.00. The van der Waals surface area contributed by atoms with Crippen LogP contribution in [0.1, 0.15) is 31.2 Å². The second-order valence-corrected chi connectivity index (χ2v) is 4.90. The summed E-state index contributed by atoms with van der Waals surface area (Å²) in [4.78, 5) is 0. The fourth-order valence-corrected chi connectivity index (χ4v) is 2.00. The van der Waals surface area contributed by atoms with Crippen LogP contribution in [0.5, 0.6) is 0 Å². The first-order chi connectivity index (χ1) is 8.68. The van der Waals surface area contributed by atoms with E-state index in [2.05, 4.69) is 17.2 Å². The van der Waals surface area contributed by atoms with Gasteiger partial charge in [-0.2, -0.15) is 5.10 Å². The van der Waals surface area contributed by atoms with Gasteiger partial charge in [-0.3, -0.25) is 4.68 Å². The molecular formula is C15H20N2O. The Morgan fingerprint density at radius 3 is 2.56 bits per heavy atom. The summed E-state index contributed by atoms with van der Waals surface area (Å²) < 4.78 is 1.90. The number of benzene rings is 1. The van der Waals surface area contributed by atoms with Crippen LogP contribution < -0.4 is 0 Å². The van der Waals surface area contributed by atoms with Crippen LogP contribution in [0.25, 0.3) is 0 Å². The van der Waals surface area contributed by atoms with Gasteiger partial charge < -0.3 is 5.11 Å². The number of aliphatic hydroxyl groups is 1. The molecule has 1 unspecified atom stereocenters. The Kier molecular flexibility index (Phi) is 4.15. The topological polar surface area (TPSA) is 38.1 Å². The van der Waals surface area contributed by atoms with Gasteiger partial charge in [-0.15, -0.1) is 0 Å². The van der Waals surface area contributed by atoms with E-state index in [1.807, 2.05) is 42.8 Å². The van der Waals surface area contributed by atoms with E-state index < -0.39 is 6.10 Å². The smallest absolute Gasteiger partial charge is 0.0979 e. The zero-order valence-corrected chi connectivity index (χ0v) is 11.0. The van der Waals surface area contributed by atoms with E-state index in [1.54, 1.807) is 6.20 Å². The van der Waals surface area contributed by atoms with Crippen LogP contribution in [-0.2, 0) is 13.0 Å². The third kappa shape index (κ3) is 2.99. The average Bonchev–Trinajstić information content (AvgIpc) is 2.84. The second-order valence-electron chi connectivity index (χ2n) is 4.90. The van der Waals surface area contributed by atoms with Crippen molar-refractivity contribution in [2.45, 2.75) is 32.9 Å². The molecule has 2 rings (SSSR count). The summed E-state index contributed by atoms with van der Waals surface area (Å²) in [5.74, 6) is 0.206. The van der Waals surface area contributed by atoms with Crippen molar-refractivity contribution in [1.29, 1.82) is 0 Å². The van der Waals surface area contributed by atoms with Crippen LogP contribution in [-0.4, -0.2) is 14.9 Å². The highest BCUT2D eigenvalue weighted by Crippen LogP contribution is 2.20. The van der Waals surface area contributed by atoms with Gasteiger partial charge in [0.15, 0.2) is 0 Å². The highest BCUT2D eigenvalue weighted by Gasteiger charge is 2.16. The number of aryl methyl sites for hydroxylation is 2. The van der Waals surface area contributed by atoms with Gasteiger partial charge in [0.25, 0.3) is 0 Å². The summed E-state index contributed by atoms with van der Waals surface area (Å²) in [6, 6.07) is 12.2. The zero-order valence-electron chi connectivity index (χ0n) is 11.0. The molecule has 0 aliphatic carbocycles. The lowest BCUT2D eigenvalue weighted by Gasteiger charge is -2.16. The van der Waals surface area contributed by atoms with Gasteiger partial charge in [0.2, 0.25) is 0 Å².